The molecule has 0 aliphatic heterocycles. The van der Waals surface area contributed by atoms with Gasteiger partial charge in [-0.1, -0.05) is 63.6 Å². The van der Waals surface area contributed by atoms with Gasteiger partial charge in [-0.25, -0.2) is 4.79 Å². The van der Waals surface area contributed by atoms with Crippen molar-refractivity contribution in [2.24, 2.45) is 0 Å². The maximum absolute atomic E-state index is 13.3. The summed E-state index contributed by atoms with van der Waals surface area (Å²) < 4.78 is 11.1. The lowest BCUT2D eigenvalue weighted by atomic mass is 10.1. The lowest BCUT2D eigenvalue weighted by molar-refractivity contribution is -0.121. The zero-order chi connectivity index (χ0) is 28.4. The molecule has 0 saturated carbocycles. The van der Waals surface area contributed by atoms with Crippen LogP contribution in [-0.2, 0) is 4.79 Å². The van der Waals surface area contributed by atoms with Crippen LogP contribution in [0.5, 0.6) is 17.2 Å². The molecule has 0 saturated heterocycles. The SMILES string of the molecule is CCCCCCCCCC(=O)NCCCN(C(=O)Nc1ccc(OC)cc1)c1ccc(Oc2ccccc2)cc1. The molecule has 3 aromatic rings. The number of hydrogen-bond donors (Lipinski definition) is 2. The van der Waals surface area contributed by atoms with Crippen LogP contribution in [0.4, 0.5) is 16.2 Å². The lowest BCUT2D eigenvalue weighted by Gasteiger charge is -2.24. The van der Waals surface area contributed by atoms with Crippen molar-refractivity contribution in [3.05, 3.63) is 78.9 Å². The molecule has 0 atom stereocenters. The molecule has 0 bridgehead atoms. The Bertz CT molecular complexity index is 1130. The number of rotatable bonds is 17. The lowest BCUT2D eigenvalue weighted by Crippen LogP contribution is -2.37. The van der Waals surface area contributed by atoms with Gasteiger partial charge in [-0.15, -0.1) is 0 Å². The first-order valence-corrected chi connectivity index (χ1v) is 14.4. The number of nitrogens with zero attached hydrogens (tertiary/aromatic N) is 1. The minimum absolute atomic E-state index is 0.0743. The van der Waals surface area contributed by atoms with E-state index in [9.17, 15) is 9.59 Å². The van der Waals surface area contributed by atoms with Gasteiger partial charge in [-0.05, 0) is 73.5 Å². The first-order valence-electron chi connectivity index (χ1n) is 14.4. The molecule has 3 rings (SSSR count). The molecule has 7 nitrogen and oxygen atoms in total. The molecule has 7 heteroatoms. The molecule has 3 amide bonds. The van der Waals surface area contributed by atoms with Gasteiger partial charge >= 0.3 is 6.03 Å². The van der Waals surface area contributed by atoms with Gasteiger partial charge in [0.2, 0.25) is 5.91 Å². The third-order valence-electron chi connectivity index (χ3n) is 6.60. The number of hydrogen-bond acceptors (Lipinski definition) is 4. The number of amides is 3. The van der Waals surface area contributed by atoms with E-state index in [1.165, 1.54) is 32.1 Å². The van der Waals surface area contributed by atoms with E-state index in [1.54, 1.807) is 36.3 Å². The zero-order valence-corrected chi connectivity index (χ0v) is 23.9. The van der Waals surface area contributed by atoms with Gasteiger partial charge in [0.1, 0.15) is 17.2 Å². The Kier molecular flexibility index (Phi) is 13.4. The van der Waals surface area contributed by atoms with Crippen LogP contribution >= 0.6 is 0 Å². The van der Waals surface area contributed by atoms with Crippen molar-refractivity contribution >= 4 is 23.3 Å². The predicted molar refractivity (Wildman–Crippen MR) is 163 cm³/mol. The number of unbranched alkanes of at least 4 members (excludes halogenated alkanes) is 6. The summed E-state index contributed by atoms with van der Waals surface area (Å²) in [4.78, 5) is 27.3. The Labute approximate surface area is 238 Å². The van der Waals surface area contributed by atoms with Crippen LogP contribution in [0.3, 0.4) is 0 Å². The fourth-order valence-electron chi connectivity index (χ4n) is 4.33. The van der Waals surface area contributed by atoms with Crippen molar-refractivity contribution in [1.29, 1.82) is 0 Å². The van der Waals surface area contributed by atoms with Crippen molar-refractivity contribution in [2.75, 3.05) is 30.4 Å². The van der Waals surface area contributed by atoms with Gasteiger partial charge in [0, 0.05) is 30.9 Å². The van der Waals surface area contributed by atoms with E-state index >= 15 is 0 Å². The fourth-order valence-corrected chi connectivity index (χ4v) is 4.33. The van der Waals surface area contributed by atoms with Crippen LogP contribution in [0.15, 0.2) is 78.9 Å². The summed E-state index contributed by atoms with van der Waals surface area (Å²) in [6.45, 7) is 3.17. The van der Waals surface area contributed by atoms with E-state index in [4.69, 9.17) is 9.47 Å². The highest BCUT2D eigenvalue weighted by atomic mass is 16.5. The maximum atomic E-state index is 13.3. The smallest absolute Gasteiger partial charge is 0.326 e. The highest BCUT2D eigenvalue weighted by Crippen LogP contribution is 2.25. The number of para-hydroxylation sites is 1. The van der Waals surface area contributed by atoms with E-state index in [-0.39, 0.29) is 11.9 Å². The van der Waals surface area contributed by atoms with Gasteiger partial charge in [0.15, 0.2) is 0 Å². The summed E-state index contributed by atoms with van der Waals surface area (Å²) in [5.41, 5.74) is 1.41. The topological polar surface area (TPSA) is 79.9 Å². The van der Waals surface area contributed by atoms with Crippen LogP contribution in [0.25, 0.3) is 0 Å². The third-order valence-corrected chi connectivity index (χ3v) is 6.60. The Morgan fingerprint density at radius 3 is 2.02 bits per heavy atom. The first-order chi connectivity index (χ1) is 19.6. The average Bonchev–Trinajstić information content (AvgIpc) is 2.98. The maximum Gasteiger partial charge on any atom is 0.326 e. The molecule has 214 valence electrons. The molecule has 0 aromatic heterocycles. The Balaban J connectivity index is 1.53. The van der Waals surface area contributed by atoms with Crippen LogP contribution in [0.2, 0.25) is 0 Å². The molecule has 0 unspecified atom stereocenters. The average molecular weight is 546 g/mol. The minimum Gasteiger partial charge on any atom is -0.497 e. The van der Waals surface area contributed by atoms with Crippen molar-refractivity contribution in [1.82, 2.24) is 5.32 Å². The Hall–Kier alpha value is -4.00. The van der Waals surface area contributed by atoms with Gasteiger partial charge in [-0.3, -0.25) is 9.69 Å². The number of anilines is 2. The molecule has 2 N–H and O–H groups in total. The summed E-state index contributed by atoms with van der Waals surface area (Å²) in [6.07, 6.45) is 9.47. The second-order valence-corrected chi connectivity index (χ2v) is 9.79. The quantitative estimate of drug-likeness (QED) is 0.168. The number of benzene rings is 3. The molecule has 0 aliphatic carbocycles. The molecule has 0 spiro atoms. The number of carbonyl (C=O) groups excluding carboxylic acids is 2. The fraction of sp³-hybridized carbons (Fsp3) is 0.394. The molecule has 0 radical (unpaired) electrons. The monoisotopic (exact) mass is 545 g/mol. The van der Waals surface area contributed by atoms with Crippen LogP contribution in [0.1, 0.15) is 64.7 Å². The summed E-state index contributed by atoms with van der Waals surface area (Å²) in [5, 5.41) is 5.97. The van der Waals surface area contributed by atoms with Gasteiger partial charge < -0.3 is 20.1 Å². The molecule has 0 heterocycles. The summed E-state index contributed by atoms with van der Waals surface area (Å²) in [5.74, 6) is 2.22. The third kappa shape index (κ3) is 11.0. The number of ether oxygens (including phenoxy) is 2. The number of urea groups is 1. The Morgan fingerprint density at radius 1 is 0.725 bits per heavy atom. The van der Waals surface area contributed by atoms with Crippen molar-refractivity contribution in [3.8, 4) is 17.2 Å². The molecule has 40 heavy (non-hydrogen) atoms. The largest absolute Gasteiger partial charge is 0.497 e. The number of carbonyl (C=O) groups is 2. The van der Waals surface area contributed by atoms with Crippen molar-refractivity contribution < 1.29 is 19.1 Å². The summed E-state index contributed by atoms with van der Waals surface area (Å²) in [6, 6.07) is 23.9. The molecule has 0 fully saturated rings. The van der Waals surface area contributed by atoms with Crippen molar-refractivity contribution in [3.63, 3.8) is 0 Å². The highest BCUT2D eigenvalue weighted by Gasteiger charge is 2.16. The zero-order valence-electron chi connectivity index (χ0n) is 23.9. The second kappa shape index (κ2) is 17.6. The highest BCUT2D eigenvalue weighted by molar-refractivity contribution is 6.01. The summed E-state index contributed by atoms with van der Waals surface area (Å²) in [7, 11) is 1.61. The predicted octanol–water partition coefficient (Wildman–Crippen LogP) is 8.17. The van der Waals surface area contributed by atoms with Gasteiger partial charge in [0.05, 0.1) is 7.11 Å². The van der Waals surface area contributed by atoms with Crippen LogP contribution in [0, 0.1) is 0 Å². The van der Waals surface area contributed by atoms with Crippen LogP contribution in [-0.4, -0.2) is 32.1 Å². The van der Waals surface area contributed by atoms with E-state index < -0.39 is 0 Å². The molecule has 3 aromatic carbocycles. The van der Waals surface area contributed by atoms with E-state index in [0.29, 0.717) is 37.4 Å². The van der Waals surface area contributed by atoms with E-state index in [0.717, 1.165) is 30.0 Å². The number of methoxy groups -OCH3 is 1. The van der Waals surface area contributed by atoms with Gasteiger partial charge in [-0.2, -0.15) is 0 Å². The minimum atomic E-state index is -0.253. The second-order valence-electron chi connectivity index (χ2n) is 9.79. The molecule has 0 aliphatic rings. The van der Waals surface area contributed by atoms with Crippen LogP contribution < -0.4 is 25.0 Å². The van der Waals surface area contributed by atoms with Crippen molar-refractivity contribution in [2.45, 2.75) is 64.7 Å². The standard InChI is InChI=1S/C33H43N3O4/c1-3-4-5-6-7-8-12-16-32(37)34-25-13-26-36(33(38)35-27-17-21-29(39-2)22-18-27)28-19-23-31(24-20-28)40-30-14-10-9-11-15-30/h9-11,14-15,17-24H,3-8,12-13,16,25-26H2,1-2H3,(H,34,37)(H,35,38). The summed E-state index contributed by atoms with van der Waals surface area (Å²) >= 11 is 0. The van der Waals surface area contributed by atoms with Gasteiger partial charge in [0.25, 0.3) is 0 Å². The van der Waals surface area contributed by atoms with E-state index in [1.807, 2.05) is 54.6 Å². The normalized spacial score (nSPS) is 10.6. The van der Waals surface area contributed by atoms with E-state index in [2.05, 4.69) is 17.6 Å². The molecular weight excluding hydrogens is 502 g/mol. The molecular formula is C33H43N3O4. The Morgan fingerprint density at radius 2 is 1.35 bits per heavy atom. The number of nitrogens with one attached hydrogen (secondary N) is 2. The first kappa shape index (κ1) is 30.5.